The van der Waals surface area contributed by atoms with E-state index in [0.717, 1.165) is 6.08 Å². The molecule has 1 unspecified atom stereocenters. The van der Waals surface area contributed by atoms with Gasteiger partial charge in [0.05, 0.1) is 5.56 Å². The van der Waals surface area contributed by atoms with Crippen molar-refractivity contribution in [2.24, 2.45) is 0 Å². The molecule has 0 spiro atoms. The van der Waals surface area contributed by atoms with Crippen LogP contribution in [0.4, 0.5) is 17.6 Å². The molecule has 0 amide bonds. The van der Waals surface area contributed by atoms with Crippen molar-refractivity contribution in [3.63, 3.8) is 0 Å². The molecule has 0 fully saturated rings. The normalized spacial score (nSPS) is 14.5. The largest absolute Gasteiger partial charge is 0.203 e. The van der Waals surface area contributed by atoms with Gasteiger partial charge in [-0.25, -0.2) is 17.6 Å². The molecule has 0 radical (unpaired) electrons. The molecule has 0 nitrogen and oxygen atoms in total. The van der Waals surface area contributed by atoms with E-state index < -0.39 is 39.7 Å². The maximum absolute atomic E-state index is 13.7. The molecule has 0 saturated carbocycles. The van der Waals surface area contributed by atoms with E-state index in [1.54, 1.807) is 6.92 Å². The summed E-state index contributed by atoms with van der Waals surface area (Å²) < 4.78 is 54.5. The number of benzene rings is 1. The van der Waals surface area contributed by atoms with Crippen LogP contribution in [0.1, 0.15) is 31.4 Å². The van der Waals surface area contributed by atoms with E-state index in [9.17, 15) is 17.6 Å². The fourth-order valence-electron chi connectivity index (χ4n) is 1.60. The summed E-state index contributed by atoms with van der Waals surface area (Å²) >= 11 is 0. The molecule has 0 bridgehead atoms. The Bertz CT molecular complexity index is 437. The Kier molecular flexibility index (Phi) is 3.70. The van der Waals surface area contributed by atoms with Crippen molar-refractivity contribution in [3.05, 3.63) is 41.0 Å². The lowest BCUT2D eigenvalue weighted by Gasteiger charge is -2.25. The molecular formula is C12H13BF4. The average Bonchev–Trinajstić information content (AvgIpc) is 2.27. The highest BCUT2D eigenvalue weighted by Crippen LogP contribution is 2.33. The van der Waals surface area contributed by atoms with Gasteiger partial charge in [-0.15, -0.1) is 0 Å². The second-order valence-corrected chi connectivity index (χ2v) is 4.49. The maximum Gasteiger partial charge on any atom is 0.169 e. The van der Waals surface area contributed by atoms with E-state index in [4.69, 9.17) is 0 Å². The third-order valence-electron chi connectivity index (χ3n) is 3.06. The van der Waals surface area contributed by atoms with E-state index in [1.165, 1.54) is 14.8 Å². The van der Waals surface area contributed by atoms with Crippen molar-refractivity contribution >= 4 is 13.9 Å². The van der Waals surface area contributed by atoms with E-state index in [2.05, 4.69) is 6.58 Å². The number of rotatable bonds is 3. The van der Waals surface area contributed by atoms with Gasteiger partial charge in [0.2, 0.25) is 0 Å². The molecule has 0 aromatic heterocycles. The topological polar surface area (TPSA) is 0 Å². The fraction of sp³-hybridized carbons (Fsp3) is 0.333. The lowest BCUT2D eigenvalue weighted by atomic mass is 9.63. The van der Waals surface area contributed by atoms with Gasteiger partial charge in [0.15, 0.2) is 23.3 Å². The first-order valence-electron chi connectivity index (χ1n) is 5.26. The van der Waals surface area contributed by atoms with Crippen LogP contribution >= 0.6 is 0 Å². The summed E-state index contributed by atoms with van der Waals surface area (Å²) in [6.07, 6.45) is 1.12. The molecule has 1 rings (SSSR count). The van der Waals surface area contributed by atoms with Crippen LogP contribution < -0.4 is 0 Å². The predicted molar refractivity (Wildman–Crippen MR) is 62.6 cm³/mol. The Balaban J connectivity index is 3.71. The zero-order valence-corrected chi connectivity index (χ0v) is 10.0. The minimum Gasteiger partial charge on any atom is -0.203 e. The number of hydrogen-bond donors (Lipinski definition) is 0. The SMILES string of the molecule is BC(C)(CC)c1c(F)c(F)c(C=C)c(F)c1F. The predicted octanol–water partition coefficient (Wildman–Crippen LogP) is 3.14. The van der Waals surface area contributed by atoms with Crippen molar-refractivity contribution in [2.75, 3.05) is 0 Å². The summed E-state index contributed by atoms with van der Waals surface area (Å²) in [6.45, 7) is 6.35. The summed E-state index contributed by atoms with van der Waals surface area (Å²) in [6, 6.07) is 0. The summed E-state index contributed by atoms with van der Waals surface area (Å²) in [7, 11) is 1.53. The molecular weight excluding hydrogens is 231 g/mol. The lowest BCUT2D eigenvalue weighted by molar-refractivity contribution is 0.415. The molecule has 1 atom stereocenters. The smallest absolute Gasteiger partial charge is 0.169 e. The van der Waals surface area contributed by atoms with Gasteiger partial charge in [-0.3, -0.25) is 0 Å². The standard InChI is InChI=1S/C12H13BF4/c1-4-6-8(14)10(16)7(11(17)9(6)15)12(3,13)5-2/h4H,1,5,13H2,2-3H3. The molecule has 0 aliphatic rings. The first-order valence-corrected chi connectivity index (χ1v) is 5.26. The van der Waals surface area contributed by atoms with Crippen LogP contribution in [-0.2, 0) is 5.31 Å². The van der Waals surface area contributed by atoms with Gasteiger partial charge in [0.1, 0.15) is 7.85 Å². The average molecular weight is 244 g/mol. The Labute approximate surface area is 98.7 Å². The molecule has 1 aromatic carbocycles. The van der Waals surface area contributed by atoms with Gasteiger partial charge in [-0.1, -0.05) is 32.9 Å². The quantitative estimate of drug-likeness (QED) is 0.435. The van der Waals surface area contributed by atoms with Crippen LogP contribution in [0, 0.1) is 23.3 Å². The molecule has 0 aliphatic carbocycles. The van der Waals surface area contributed by atoms with Gasteiger partial charge >= 0.3 is 0 Å². The molecule has 17 heavy (non-hydrogen) atoms. The highest BCUT2D eigenvalue weighted by Gasteiger charge is 2.32. The summed E-state index contributed by atoms with van der Waals surface area (Å²) in [5.41, 5.74) is -1.32. The molecule has 0 saturated heterocycles. The van der Waals surface area contributed by atoms with Gasteiger partial charge in [-0.05, 0) is 5.31 Å². The van der Waals surface area contributed by atoms with E-state index in [1.807, 2.05) is 0 Å². The van der Waals surface area contributed by atoms with Gasteiger partial charge in [0.25, 0.3) is 0 Å². The molecule has 0 heterocycles. The van der Waals surface area contributed by atoms with Crippen LogP contribution in [0.2, 0.25) is 0 Å². The van der Waals surface area contributed by atoms with Crippen molar-refractivity contribution in [2.45, 2.75) is 25.6 Å². The number of hydrogen-bond acceptors (Lipinski definition) is 0. The minimum absolute atomic E-state index is 0.354. The zero-order valence-electron chi connectivity index (χ0n) is 10.0. The third kappa shape index (κ3) is 2.10. The van der Waals surface area contributed by atoms with Crippen LogP contribution in [-0.4, -0.2) is 7.85 Å². The van der Waals surface area contributed by atoms with E-state index >= 15 is 0 Å². The van der Waals surface area contributed by atoms with Gasteiger partial charge in [0, 0.05) is 5.56 Å². The Hall–Kier alpha value is -1.26. The van der Waals surface area contributed by atoms with Crippen molar-refractivity contribution in [3.8, 4) is 0 Å². The lowest BCUT2D eigenvalue weighted by Crippen LogP contribution is -2.26. The second-order valence-electron chi connectivity index (χ2n) is 4.49. The van der Waals surface area contributed by atoms with Crippen LogP contribution in [0.25, 0.3) is 6.08 Å². The van der Waals surface area contributed by atoms with Crippen molar-refractivity contribution in [1.29, 1.82) is 0 Å². The zero-order chi connectivity index (χ0) is 13.4. The van der Waals surface area contributed by atoms with E-state index in [-0.39, 0.29) is 0 Å². The molecule has 92 valence electrons. The fourth-order valence-corrected chi connectivity index (χ4v) is 1.60. The Morgan fingerprint density at radius 3 is 1.82 bits per heavy atom. The highest BCUT2D eigenvalue weighted by molar-refractivity contribution is 6.15. The second kappa shape index (κ2) is 4.55. The summed E-state index contributed by atoms with van der Waals surface area (Å²) in [4.78, 5) is 0. The van der Waals surface area contributed by atoms with E-state index in [0.29, 0.717) is 6.42 Å². The van der Waals surface area contributed by atoms with Crippen molar-refractivity contribution in [1.82, 2.24) is 0 Å². The molecule has 0 aliphatic heterocycles. The monoisotopic (exact) mass is 244 g/mol. The number of halogens is 4. The van der Waals surface area contributed by atoms with Crippen LogP contribution in [0.3, 0.4) is 0 Å². The Morgan fingerprint density at radius 2 is 1.53 bits per heavy atom. The maximum atomic E-state index is 13.7. The van der Waals surface area contributed by atoms with Crippen molar-refractivity contribution < 1.29 is 17.6 Å². The van der Waals surface area contributed by atoms with Gasteiger partial charge < -0.3 is 0 Å². The summed E-state index contributed by atoms with van der Waals surface area (Å²) in [5, 5.41) is -0.977. The van der Waals surface area contributed by atoms with Gasteiger partial charge in [-0.2, -0.15) is 0 Å². The molecule has 1 aromatic rings. The first kappa shape index (κ1) is 13.8. The Morgan fingerprint density at radius 1 is 1.12 bits per heavy atom. The summed E-state index contributed by atoms with van der Waals surface area (Å²) in [5.74, 6) is -5.47. The third-order valence-corrected chi connectivity index (χ3v) is 3.06. The molecule has 0 N–H and O–H groups in total. The first-order chi connectivity index (χ1) is 7.77. The van der Waals surface area contributed by atoms with Crippen LogP contribution in [0.5, 0.6) is 0 Å². The molecule has 5 heteroatoms. The highest BCUT2D eigenvalue weighted by atomic mass is 19.2. The minimum atomic E-state index is -1.39. The van der Waals surface area contributed by atoms with Crippen LogP contribution in [0.15, 0.2) is 6.58 Å².